The molecule has 27 heavy (non-hydrogen) atoms. The van der Waals surface area contributed by atoms with Gasteiger partial charge in [-0.2, -0.15) is 0 Å². The van der Waals surface area contributed by atoms with Crippen molar-refractivity contribution in [3.05, 3.63) is 35.9 Å². The number of hydrogen-bond donors (Lipinski definition) is 4. The number of nitrogens with zero attached hydrogens (tertiary/aromatic N) is 1. The molecular weight excluding hydrogens is 372 g/mol. The van der Waals surface area contributed by atoms with Gasteiger partial charge in [-0.25, -0.2) is 9.80 Å². The molecule has 0 aliphatic carbocycles. The number of rotatable bonds is 9. The van der Waals surface area contributed by atoms with Gasteiger partial charge in [-0.15, -0.1) is 12.4 Å². The number of nitrogens with two attached hydrogens (primary N) is 1. The van der Waals surface area contributed by atoms with Gasteiger partial charge in [0.1, 0.15) is 6.04 Å². The average molecular weight is 403 g/mol. The Morgan fingerprint density at radius 2 is 1.81 bits per heavy atom. The molecule has 1 aromatic carbocycles. The highest BCUT2D eigenvalue weighted by molar-refractivity contribution is 5.86. The number of hydrogen-bond acceptors (Lipinski definition) is 6. The highest BCUT2D eigenvalue weighted by Gasteiger charge is 2.29. The summed E-state index contributed by atoms with van der Waals surface area (Å²) in [6.07, 6.45) is -1.12. The number of aliphatic hydroxyl groups excluding tert-OH is 1. The van der Waals surface area contributed by atoms with Crippen LogP contribution in [-0.4, -0.2) is 61.0 Å². The molecule has 0 fully saturated rings. The van der Waals surface area contributed by atoms with Crippen LogP contribution in [0.5, 0.6) is 0 Å². The van der Waals surface area contributed by atoms with Gasteiger partial charge >= 0.3 is 6.09 Å². The van der Waals surface area contributed by atoms with Crippen LogP contribution in [0.4, 0.5) is 4.79 Å². The summed E-state index contributed by atoms with van der Waals surface area (Å²) in [5.41, 5.74) is 0.971. The largest absolute Gasteiger partial charge is 0.453 e. The summed E-state index contributed by atoms with van der Waals surface area (Å²) in [4.78, 5) is 24.2. The normalized spacial score (nSPS) is 14.1. The topological polar surface area (TPSA) is 117 Å². The quantitative estimate of drug-likeness (QED) is 0.356. The lowest BCUT2D eigenvalue weighted by molar-refractivity contribution is -0.125. The van der Waals surface area contributed by atoms with E-state index in [1.54, 1.807) is 7.05 Å². The fraction of sp³-hybridized carbons (Fsp3) is 0.556. The Morgan fingerprint density at radius 3 is 2.30 bits per heavy atom. The molecule has 0 saturated heterocycles. The Bertz CT molecular complexity index is 572. The van der Waals surface area contributed by atoms with Gasteiger partial charge in [-0.05, 0) is 17.9 Å². The number of aliphatic hydroxyl groups is 1. The van der Waals surface area contributed by atoms with Gasteiger partial charge in [0.05, 0.1) is 19.3 Å². The molecule has 2 unspecified atom stereocenters. The molecular formula is C18H31ClN4O4. The van der Waals surface area contributed by atoms with E-state index in [0.717, 1.165) is 5.56 Å². The van der Waals surface area contributed by atoms with E-state index in [9.17, 15) is 14.7 Å². The van der Waals surface area contributed by atoms with Gasteiger partial charge in [0.15, 0.2) is 0 Å². The van der Waals surface area contributed by atoms with Crippen molar-refractivity contribution in [2.45, 2.75) is 38.5 Å². The second kappa shape index (κ2) is 12.5. The molecule has 0 spiro atoms. The molecule has 0 heterocycles. The van der Waals surface area contributed by atoms with E-state index in [-0.39, 0.29) is 30.8 Å². The summed E-state index contributed by atoms with van der Waals surface area (Å²) in [6.45, 7) is 3.82. The highest BCUT2D eigenvalue weighted by Crippen LogP contribution is 2.09. The number of benzene rings is 1. The Kier molecular flexibility index (Phi) is 11.6. The lowest BCUT2D eigenvalue weighted by atomic mass is 9.98. The summed E-state index contributed by atoms with van der Waals surface area (Å²) in [5.74, 6) is 5.10. The number of carbonyl (C=O) groups excluding carboxylic acids is 2. The van der Waals surface area contributed by atoms with Crippen LogP contribution in [0.3, 0.4) is 0 Å². The predicted molar refractivity (Wildman–Crippen MR) is 106 cm³/mol. The number of amides is 2. The number of hydrazine groups is 1. The van der Waals surface area contributed by atoms with Gasteiger partial charge < -0.3 is 20.5 Å². The molecule has 2 amide bonds. The molecule has 0 bridgehead atoms. The van der Waals surface area contributed by atoms with Gasteiger partial charge in [0, 0.05) is 13.6 Å². The van der Waals surface area contributed by atoms with Crippen LogP contribution in [0.1, 0.15) is 19.4 Å². The first-order chi connectivity index (χ1) is 12.2. The fourth-order valence-corrected chi connectivity index (χ4v) is 2.57. The second-order valence-corrected chi connectivity index (χ2v) is 6.67. The summed E-state index contributed by atoms with van der Waals surface area (Å²) < 4.78 is 4.58. The number of carbonyl (C=O) groups is 2. The molecule has 1 rings (SSSR count). The van der Waals surface area contributed by atoms with Crippen molar-refractivity contribution in [3.63, 3.8) is 0 Å². The van der Waals surface area contributed by atoms with Crippen molar-refractivity contribution in [2.24, 2.45) is 11.8 Å². The predicted octanol–water partition coefficient (Wildman–Crippen LogP) is 0.683. The van der Waals surface area contributed by atoms with E-state index in [4.69, 9.17) is 5.84 Å². The van der Waals surface area contributed by atoms with Crippen molar-refractivity contribution < 1.29 is 19.4 Å². The van der Waals surface area contributed by atoms with Crippen molar-refractivity contribution in [1.82, 2.24) is 15.6 Å². The summed E-state index contributed by atoms with van der Waals surface area (Å²) in [5, 5.41) is 17.2. The summed E-state index contributed by atoms with van der Waals surface area (Å²) >= 11 is 0. The third-order valence-corrected chi connectivity index (χ3v) is 3.97. The van der Waals surface area contributed by atoms with Gasteiger partial charge in [0.25, 0.3) is 0 Å². The van der Waals surface area contributed by atoms with Crippen LogP contribution in [0.2, 0.25) is 0 Å². The van der Waals surface area contributed by atoms with E-state index in [2.05, 4.69) is 15.4 Å². The number of alkyl carbamates (subject to hydrolysis) is 1. The molecule has 0 aliphatic heterocycles. The lowest BCUT2D eigenvalue weighted by Crippen LogP contribution is -2.56. The number of methoxy groups -OCH3 is 1. The summed E-state index contributed by atoms with van der Waals surface area (Å²) in [6, 6.07) is 8.20. The van der Waals surface area contributed by atoms with Crippen molar-refractivity contribution >= 4 is 24.4 Å². The third-order valence-electron chi connectivity index (χ3n) is 3.97. The monoisotopic (exact) mass is 402 g/mol. The Balaban J connectivity index is 0.00000676. The molecule has 154 valence electrons. The number of halogens is 1. The molecule has 1 aromatic rings. The number of nitrogens with one attached hydrogen (secondary N) is 2. The van der Waals surface area contributed by atoms with Gasteiger partial charge in [-0.3, -0.25) is 10.6 Å². The van der Waals surface area contributed by atoms with E-state index in [1.807, 2.05) is 44.2 Å². The minimum atomic E-state index is -0.875. The first kappa shape index (κ1) is 25.1. The van der Waals surface area contributed by atoms with Crippen molar-refractivity contribution in [1.29, 1.82) is 0 Å². The van der Waals surface area contributed by atoms with E-state index < -0.39 is 24.3 Å². The standard InChI is InChI=1S/C18H30N4O4.ClH/c1-12(2)16(21-18(25)26-4)17(24)20-14(15(23)11-22(3)19)10-13-8-6-5-7-9-13;/h5-9,12,14-16,23H,10-11,19H2,1-4H3,(H,20,24)(H,21,25);1H/t14?,15?,16-;/m0./s1. The summed E-state index contributed by atoms with van der Waals surface area (Å²) in [7, 11) is 2.88. The van der Waals surface area contributed by atoms with Crippen molar-refractivity contribution in [3.8, 4) is 0 Å². The Hall–Kier alpha value is -1.87. The fourth-order valence-electron chi connectivity index (χ4n) is 2.57. The van der Waals surface area contributed by atoms with Crippen molar-refractivity contribution in [2.75, 3.05) is 20.7 Å². The third kappa shape index (κ3) is 9.05. The molecule has 0 aromatic heterocycles. The van der Waals surface area contributed by atoms with Crippen LogP contribution in [0.25, 0.3) is 0 Å². The second-order valence-electron chi connectivity index (χ2n) is 6.67. The van der Waals surface area contributed by atoms with Gasteiger partial charge in [0.2, 0.25) is 5.91 Å². The highest BCUT2D eigenvalue weighted by atomic mass is 35.5. The lowest BCUT2D eigenvalue weighted by Gasteiger charge is -2.29. The molecule has 0 radical (unpaired) electrons. The van der Waals surface area contributed by atoms with E-state index in [1.165, 1.54) is 12.1 Å². The van der Waals surface area contributed by atoms with Crippen LogP contribution in [0, 0.1) is 5.92 Å². The minimum Gasteiger partial charge on any atom is -0.453 e. The maximum absolute atomic E-state index is 12.7. The number of ether oxygens (including phenoxy) is 1. The van der Waals surface area contributed by atoms with Gasteiger partial charge in [-0.1, -0.05) is 44.2 Å². The average Bonchev–Trinajstić information content (AvgIpc) is 2.58. The SMILES string of the molecule is COC(=O)N[C@H](C(=O)NC(Cc1ccccc1)C(O)CN(C)N)C(C)C.Cl. The Morgan fingerprint density at radius 1 is 1.22 bits per heavy atom. The minimum absolute atomic E-state index is 0. The zero-order valence-corrected chi connectivity index (χ0v) is 17.0. The van der Waals surface area contributed by atoms with E-state index >= 15 is 0 Å². The van der Waals surface area contributed by atoms with E-state index in [0.29, 0.717) is 6.42 Å². The Labute approximate surface area is 166 Å². The zero-order chi connectivity index (χ0) is 19.7. The first-order valence-corrected chi connectivity index (χ1v) is 8.57. The molecule has 5 N–H and O–H groups in total. The first-order valence-electron chi connectivity index (χ1n) is 8.57. The molecule has 9 heteroatoms. The molecule has 0 aliphatic rings. The maximum Gasteiger partial charge on any atom is 0.407 e. The van der Waals surface area contributed by atoms with Crippen LogP contribution in [0.15, 0.2) is 30.3 Å². The molecule has 0 saturated carbocycles. The molecule has 3 atom stereocenters. The smallest absolute Gasteiger partial charge is 0.407 e. The zero-order valence-electron chi connectivity index (χ0n) is 16.2. The maximum atomic E-state index is 12.7. The van der Waals surface area contributed by atoms with Crippen LogP contribution < -0.4 is 16.5 Å². The van der Waals surface area contributed by atoms with Crippen LogP contribution >= 0.6 is 12.4 Å². The number of likely N-dealkylation sites (N-methyl/N-ethyl adjacent to an activating group) is 1. The van der Waals surface area contributed by atoms with Crippen LogP contribution in [-0.2, 0) is 16.0 Å². The molecule has 8 nitrogen and oxygen atoms in total.